The molecule has 0 aliphatic carbocycles. The van der Waals surface area contributed by atoms with Crippen molar-refractivity contribution in [1.82, 2.24) is 15.5 Å². The van der Waals surface area contributed by atoms with Gasteiger partial charge < -0.3 is 25.4 Å². The van der Waals surface area contributed by atoms with E-state index < -0.39 is 54.3 Å². The minimum atomic E-state index is -1.40. The largest absolute Gasteiger partial charge is 0.444 e. The van der Waals surface area contributed by atoms with Gasteiger partial charge in [0.2, 0.25) is 11.8 Å². The lowest BCUT2D eigenvalue weighted by Gasteiger charge is -2.34. The van der Waals surface area contributed by atoms with E-state index in [1.165, 1.54) is 0 Å². The number of nitriles is 1. The molecule has 0 aliphatic heterocycles. The Labute approximate surface area is 196 Å². The Hall–Kier alpha value is -3.12. The smallest absolute Gasteiger partial charge is 0.408 e. The van der Waals surface area contributed by atoms with Gasteiger partial charge in [0.15, 0.2) is 0 Å². The van der Waals surface area contributed by atoms with Gasteiger partial charge >= 0.3 is 6.09 Å². The van der Waals surface area contributed by atoms with Gasteiger partial charge in [-0.15, -0.1) is 0 Å². The topological polar surface area (TPSA) is 132 Å². The molecule has 2 atom stereocenters. The standard InChI is InChI=1S/C24H36N4O5/c1-8-16-9-11-17(12-10-16)19(20(30)27-23(2,3)4)28(14-13-25)21(31)18(15-29)26-22(32)33-24(5,6)7/h9-12,18-19,29H,8,14-15H2,1-7H3,(H,26,32)(H,27,30). The normalized spacial score (nSPS) is 13.3. The van der Waals surface area contributed by atoms with Crippen molar-refractivity contribution in [1.29, 1.82) is 5.26 Å². The molecular formula is C24H36N4O5. The minimum Gasteiger partial charge on any atom is -0.444 e. The summed E-state index contributed by atoms with van der Waals surface area (Å²) >= 11 is 0. The van der Waals surface area contributed by atoms with Crippen molar-refractivity contribution in [2.75, 3.05) is 13.2 Å². The molecule has 1 aromatic rings. The molecule has 3 amide bonds. The minimum absolute atomic E-state index is 0.427. The predicted molar refractivity (Wildman–Crippen MR) is 124 cm³/mol. The highest BCUT2D eigenvalue weighted by molar-refractivity contribution is 5.92. The number of nitrogens with zero attached hydrogens (tertiary/aromatic N) is 2. The lowest BCUT2D eigenvalue weighted by Crippen LogP contribution is -2.55. The maximum absolute atomic E-state index is 13.3. The number of amides is 3. The molecule has 33 heavy (non-hydrogen) atoms. The molecule has 1 rings (SSSR count). The summed E-state index contributed by atoms with van der Waals surface area (Å²) in [5.41, 5.74) is 0.152. The van der Waals surface area contributed by atoms with Crippen molar-refractivity contribution < 1.29 is 24.2 Å². The number of alkyl carbamates (subject to hydrolysis) is 1. The number of aliphatic hydroxyl groups excluding tert-OH is 1. The van der Waals surface area contributed by atoms with Crippen LogP contribution in [0.3, 0.4) is 0 Å². The Morgan fingerprint density at radius 2 is 1.70 bits per heavy atom. The zero-order valence-corrected chi connectivity index (χ0v) is 20.6. The summed E-state index contributed by atoms with van der Waals surface area (Å²) in [4.78, 5) is 39.8. The third-order valence-electron chi connectivity index (χ3n) is 4.46. The number of carbonyl (C=O) groups excluding carboxylic acids is 3. The summed E-state index contributed by atoms with van der Waals surface area (Å²) < 4.78 is 5.17. The molecule has 0 bridgehead atoms. The van der Waals surface area contributed by atoms with Gasteiger partial charge in [0.1, 0.15) is 24.2 Å². The van der Waals surface area contributed by atoms with Crippen LogP contribution in [0.15, 0.2) is 24.3 Å². The highest BCUT2D eigenvalue weighted by Gasteiger charge is 2.37. The maximum atomic E-state index is 13.3. The number of hydrogen-bond acceptors (Lipinski definition) is 6. The van der Waals surface area contributed by atoms with Gasteiger partial charge in [-0.3, -0.25) is 9.59 Å². The van der Waals surface area contributed by atoms with Crippen molar-refractivity contribution in [3.8, 4) is 6.07 Å². The van der Waals surface area contributed by atoms with Gasteiger partial charge in [-0.1, -0.05) is 31.2 Å². The molecular weight excluding hydrogens is 424 g/mol. The van der Waals surface area contributed by atoms with E-state index in [4.69, 9.17) is 4.74 Å². The SMILES string of the molecule is CCc1ccc(C(C(=O)NC(C)(C)C)N(CC#N)C(=O)C(CO)NC(=O)OC(C)(C)C)cc1. The van der Waals surface area contributed by atoms with Crippen LogP contribution in [0.2, 0.25) is 0 Å². The van der Waals surface area contributed by atoms with Gasteiger partial charge in [-0.2, -0.15) is 5.26 Å². The van der Waals surface area contributed by atoms with E-state index >= 15 is 0 Å². The first-order chi connectivity index (χ1) is 15.2. The van der Waals surface area contributed by atoms with Gasteiger partial charge in [-0.25, -0.2) is 4.79 Å². The lowest BCUT2D eigenvalue weighted by molar-refractivity contribution is -0.143. The van der Waals surface area contributed by atoms with E-state index in [0.717, 1.165) is 16.9 Å². The molecule has 0 radical (unpaired) electrons. The number of aryl methyl sites for hydroxylation is 1. The number of ether oxygens (including phenoxy) is 1. The third-order valence-corrected chi connectivity index (χ3v) is 4.46. The van der Waals surface area contributed by atoms with Crippen LogP contribution in [0.4, 0.5) is 4.79 Å². The van der Waals surface area contributed by atoms with Gasteiger partial charge in [0.05, 0.1) is 12.7 Å². The number of nitrogens with one attached hydrogen (secondary N) is 2. The summed E-state index contributed by atoms with van der Waals surface area (Å²) in [5.74, 6) is -1.26. The predicted octanol–water partition coefficient (Wildman–Crippen LogP) is 2.44. The number of carbonyl (C=O) groups is 3. The van der Waals surface area contributed by atoms with Crippen molar-refractivity contribution in [2.45, 2.75) is 78.1 Å². The molecule has 2 unspecified atom stereocenters. The molecule has 9 heteroatoms. The van der Waals surface area contributed by atoms with E-state index in [9.17, 15) is 24.8 Å². The first-order valence-electron chi connectivity index (χ1n) is 10.9. The first kappa shape index (κ1) is 27.9. The van der Waals surface area contributed by atoms with E-state index in [1.54, 1.807) is 53.7 Å². The third kappa shape index (κ3) is 9.10. The Balaban J connectivity index is 3.37. The monoisotopic (exact) mass is 460 g/mol. The zero-order valence-electron chi connectivity index (χ0n) is 20.6. The molecule has 0 saturated heterocycles. The van der Waals surface area contributed by atoms with Crippen LogP contribution in [-0.2, 0) is 20.7 Å². The fraction of sp³-hybridized carbons (Fsp3) is 0.583. The van der Waals surface area contributed by atoms with Gasteiger partial charge in [0, 0.05) is 5.54 Å². The number of aliphatic hydroxyl groups is 1. The molecule has 1 aromatic carbocycles. The molecule has 9 nitrogen and oxygen atoms in total. The maximum Gasteiger partial charge on any atom is 0.408 e. The molecule has 0 aromatic heterocycles. The summed E-state index contributed by atoms with van der Waals surface area (Å²) in [6.07, 6.45) is -0.0957. The van der Waals surface area contributed by atoms with Crippen LogP contribution in [-0.4, -0.2) is 58.2 Å². The Bertz CT molecular complexity index is 863. The Kier molecular flexibility index (Phi) is 9.86. The summed E-state index contributed by atoms with van der Waals surface area (Å²) in [6, 6.07) is 6.54. The zero-order chi connectivity index (χ0) is 25.4. The van der Waals surface area contributed by atoms with E-state index in [2.05, 4.69) is 10.6 Å². The molecule has 3 N–H and O–H groups in total. The molecule has 0 fully saturated rings. The highest BCUT2D eigenvalue weighted by atomic mass is 16.6. The van der Waals surface area contributed by atoms with Crippen LogP contribution in [0, 0.1) is 11.3 Å². The van der Waals surface area contributed by atoms with E-state index in [-0.39, 0.29) is 0 Å². The van der Waals surface area contributed by atoms with Crippen molar-refractivity contribution in [3.05, 3.63) is 35.4 Å². The average Bonchev–Trinajstić information content (AvgIpc) is 2.69. The second-order valence-corrected chi connectivity index (χ2v) is 9.74. The lowest BCUT2D eigenvalue weighted by atomic mass is 9.99. The fourth-order valence-corrected chi connectivity index (χ4v) is 3.05. The van der Waals surface area contributed by atoms with E-state index in [1.807, 2.05) is 25.1 Å². The van der Waals surface area contributed by atoms with Crippen molar-refractivity contribution in [2.24, 2.45) is 0 Å². The van der Waals surface area contributed by atoms with Gasteiger partial charge in [-0.05, 0) is 59.1 Å². The van der Waals surface area contributed by atoms with E-state index in [0.29, 0.717) is 5.56 Å². The van der Waals surface area contributed by atoms with Crippen LogP contribution in [0.5, 0.6) is 0 Å². The quantitative estimate of drug-likeness (QED) is 0.511. The molecule has 0 heterocycles. The fourth-order valence-electron chi connectivity index (χ4n) is 3.05. The average molecular weight is 461 g/mol. The van der Waals surface area contributed by atoms with Crippen LogP contribution in [0.25, 0.3) is 0 Å². The molecule has 182 valence electrons. The molecule has 0 saturated carbocycles. The van der Waals surface area contributed by atoms with Gasteiger partial charge in [0.25, 0.3) is 0 Å². The summed E-state index contributed by atoms with van der Waals surface area (Å²) in [6.45, 7) is 11.2. The van der Waals surface area contributed by atoms with Crippen molar-refractivity contribution in [3.63, 3.8) is 0 Å². The van der Waals surface area contributed by atoms with Crippen LogP contribution in [0.1, 0.15) is 65.6 Å². The summed E-state index contributed by atoms with van der Waals surface area (Å²) in [5, 5.41) is 24.4. The summed E-state index contributed by atoms with van der Waals surface area (Å²) in [7, 11) is 0. The second kappa shape index (κ2) is 11.7. The molecule has 0 aliphatic rings. The first-order valence-corrected chi connectivity index (χ1v) is 10.9. The van der Waals surface area contributed by atoms with Crippen LogP contribution >= 0.6 is 0 Å². The highest BCUT2D eigenvalue weighted by Crippen LogP contribution is 2.24. The van der Waals surface area contributed by atoms with Crippen LogP contribution < -0.4 is 10.6 Å². The molecule has 0 spiro atoms. The Morgan fingerprint density at radius 1 is 1.12 bits per heavy atom. The second-order valence-electron chi connectivity index (χ2n) is 9.74. The number of hydrogen-bond donors (Lipinski definition) is 3. The number of rotatable bonds is 8. The Morgan fingerprint density at radius 3 is 2.12 bits per heavy atom. The van der Waals surface area contributed by atoms with Crippen molar-refractivity contribution >= 4 is 17.9 Å². The number of benzene rings is 1.